The molecular formula is C5H6N5O+. The van der Waals surface area contributed by atoms with E-state index in [1.165, 1.54) is 12.7 Å². The molecule has 0 atom stereocenters. The van der Waals surface area contributed by atoms with Gasteiger partial charge in [-0.1, -0.05) is 9.71 Å². The lowest BCUT2D eigenvalue weighted by atomic mass is 10.5. The Bertz CT molecular complexity index is 395. The maximum atomic E-state index is 9.02. The van der Waals surface area contributed by atoms with E-state index < -0.39 is 0 Å². The number of H-pyrrole nitrogens is 1. The lowest BCUT2D eigenvalue weighted by molar-refractivity contribution is -0.894. The Kier molecular flexibility index (Phi) is 0.974. The summed E-state index contributed by atoms with van der Waals surface area (Å²) in [4.78, 5) is 10.4. The third-order valence-corrected chi connectivity index (χ3v) is 1.41. The number of anilines is 1. The molecule has 0 spiro atoms. The highest BCUT2D eigenvalue weighted by molar-refractivity contribution is 5.78. The fourth-order valence-corrected chi connectivity index (χ4v) is 0.860. The standard InChI is InChI=1S/C5H5N5O/c6-4-3-5(8-1-7-3)9-2-10(4)11/h1-2,11H,(H2,6,7,8)/p+1. The van der Waals surface area contributed by atoms with E-state index in [-0.39, 0.29) is 5.82 Å². The van der Waals surface area contributed by atoms with Gasteiger partial charge in [0, 0.05) is 0 Å². The second kappa shape index (κ2) is 1.82. The summed E-state index contributed by atoms with van der Waals surface area (Å²) in [5.41, 5.74) is 6.49. The molecule has 0 aromatic carbocycles. The zero-order valence-corrected chi connectivity index (χ0v) is 5.52. The molecule has 6 heteroatoms. The molecule has 11 heavy (non-hydrogen) atoms. The van der Waals surface area contributed by atoms with Crippen molar-refractivity contribution in [3.05, 3.63) is 12.7 Å². The average Bonchev–Trinajstić information content (AvgIpc) is 2.45. The van der Waals surface area contributed by atoms with Crippen molar-refractivity contribution in [3.8, 4) is 0 Å². The quantitative estimate of drug-likeness (QED) is 0.335. The molecule has 6 nitrogen and oxygen atoms in total. The van der Waals surface area contributed by atoms with Crippen LogP contribution in [0.4, 0.5) is 5.82 Å². The van der Waals surface area contributed by atoms with Gasteiger partial charge in [0.1, 0.15) is 0 Å². The van der Waals surface area contributed by atoms with E-state index >= 15 is 0 Å². The Balaban J connectivity index is 2.93. The molecule has 2 heterocycles. The van der Waals surface area contributed by atoms with Gasteiger partial charge in [0.15, 0.2) is 5.52 Å². The van der Waals surface area contributed by atoms with Gasteiger partial charge in [-0.2, -0.15) is 0 Å². The van der Waals surface area contributed by atoms with E-state index in [0.717, 1.165) is 4.73 Å². The van der Waals surface area contributed by atoms with Crippen molar-refractivity contribution in [2.75, 3.05) is 5.73 Å². The van der Waals surface area contributed by atoms with E-state index in [0.29, 0.717) is 11.2 Å². The predicted molar refractivity (Wildman–Crippen MR) is 35.7 cm³/mol. The van der Waals surface area contributed by atoms with Crippen LogP contribution >= 0.6 is 0 Å². The average molecular weight is 152 g/mol. The first-order valence-electron chi connectivity index (χ1n) is 2.97. The Morgan fingerprint density at radius 3 is 3.18 bits per heavy atom. The van der Waals surface area contributed by atoms with Crippen LogP contribution in [-0.2, 0) is 0 Å². The minimum Gasteiger partial charge on any atom is -0.371 e. The van der Waals surface area contributed by atoms with Crippen LogP contribution in [0.5, 0.6) is 0 Å². The molecule has 0 unspecified atom stereocenters. The number of aromatic nitrogens is 4. The van der Waals surface area contributed by atoms with Gasteiger partial charge in [0.2, 0.25) is 0 Å². The van der Waals surface area contributed by atoms with E-state index in [1.54, 1.807) is 0 Å². The Labute approximate surface area is 61.3 Å². The second-order valence-electron chi connectivity index (χ2n) is 2.08. The molecule has 56 valence electrons. The Hall–Kier alpha value is -1.85. The van der Waals surface area contributed by atoms with Crippen molar-refractivity contribution in [3.63, 3.8) is 0 Å². The first-order chi connectivity index (χ1) is 5.29. The van der Waals surface area contributed by atoms with Gasteiger partial charge in [-0.25, -0.2) is 4.98 Å². The number of hydrogen-bond donors (Lipinski definition) is 3. The molecule has 0 saturated heterocycles. The van der Waals surface area contributed by atoms with Crippen LogP contribution in [0.3, 0.4) is 0 Å². The number of nitrogens with zero attached hydrogens (tertiary/aromatic N) is 3. The summed E-state index contributed by atoms with van der Waals surface area (Å²) < 4.78 is 0.737. The number of hydrogen-bond acceptors (Lipinski definition) is 4. The van der Waals surface area contributed by atoms with Crippen LogP contribution in [0.2, 0.25) is 0 Å². The summed E-state index contributed by atoms with van der Waals surface area (Å²) in [6.45, 7) is 0. The van der Waals surface area contributed by atoms with E-state index in [9.17, 15) is 0 Å². The highest BCUT2D eigenvalue weighted by Crippen LogP contribution is 2.07. The Morgan fingerprint density at radius 1 is 1.55 bits per heavy atom. The molecule has 0 amide bonds. The molecule has 2 rings (SSSR count). The van der Waals surface area contributed by atoms with Crippen molar-refractivity contribution in [1.29, 1.82) is 0 Å². The van der Waals surface area contributed by atoms with Gasteiger partial charge in [-0.05, 0) is 0 Å². The van der Waals surface area contributed by atoms with E-state index in [1.807, 2.05) is 0 Å². The summed E-state index contributed by atoms with van der Waals surface area (Å²) in [7, 11) is 0. The van der Waals surface area contributed by atoms with Gasteiger partial charge < -0.3 is 15.9 Å². The van der Waals surface area contributed by atoms with Gasteiger partial charge in [-0.15, -0.1) is 0 Å². The summed E-state index contributed by atoms with van der Waals surface area (Å²) >= 11 is 0. The SMILES string of the molecule is Nc1c2[nH]cnc2nc[n+]1O. The highest BCUT2D eigenvalue weighted by Gasteiger charge is 2.11. The van der Waals surface area contributed by atoms with Gasteiger partial charge in [0.05, 0.1) is 6.33 Å². The van der Waals surface area contributed by atoms with Crippen LogP contribution in [0.1, 0.15) is 0 Å². The zero-order valence-electron chi connectivity index (χ0n) is 5.52. The summed E-state index contributed by atoms with van der Waals surface area (Å²) in [5.74, 6) is 0.201. The van der Waals surface area contributed by atoms with E-state index in [4.69, 9.17) is 10.9 Å². The summed E-state index contributed by atoms with van der Waals surface area (Å²) in [5, 5.41) is 9.02. The zero-order chi connectivity index (χ0) is 7.84. The molecular weight excluding hydrogens is 146 g/mol. The fourth-order valence-electron chi connectivity index (χ4n) is 0.860. The molecule has 2 aromatic heterocycles. The van der Waals surface area contributed by atoms with Gasteiger partial charge in [0.25, 0.3) is 17.8 Å². The fraction of sp³-hybridized carbons (Fsp3) is 0. The van der Waals surface area contributed by atoms with Crippen molar-refractivity contribution in [1.82, 2.24) is 15.0 Å². The molecule has 0 radical (unpaired) electrons. The second-order valence-corrected chi connectivity index (χ2v) is 2.08. The van der Waals surface area contributed by atoms with Crippen LogP contribution in [0.25, 0.3) is 11.2 Å². The first kappa shape index (κ1) is 5.90. The molecule has 0 fully saturated rings. The normalized spacial score (nSPS) is 10.5. The van der Waals surface area contributed by atoms with E-state index in [2.05, 4.69) is 15.0 Å². The summed E-state index contributed by atoms with van der Waals surface area (Å²) in [6.07, 6.45) is 2.66. The largest absolute Gasteiger partial charge is 0.371 e. The molecule has 4 N–H and O–H groups in total. The van der Waals surface area contributed by atoms with Crippen LogP contribution < -0.4 is 10.5 Å². The topological polar surface area (TPSA) is 91.7 Å². The number of imidazole rings is 1. The monoisotopic (exact) mass is 152 g/mol. The highest BCUT2D eigenvalue weighted by atomic mass is 16.5. The van der Waals surface area contributed by atoms with Crippen molar-refractivity contribution >= 4 is 17.0 Å². The van der Waals surface area contributed by atoms with Gasteiger partial charge >= 0.3 is 0 Å². The van der Waals surface area contributed by atoms with Crippen molar-refractivity contribution in [2.45, 2.75) is 0 Å². The molecule has 2 aromatic rings. The molecule has 0 aliphatic heterocycles. The lowest BCUT2D eigenvalue weighted by Crippen LogP contribution is -2.34. The third-order valence-electron chi connectivity index (χ3n) is 1.41. The van der Waals surface area contributed by atoms with Crippen molar-refractivity contribution in [2.24, 2.45) is 0 Å². The molecule has 0 saturated carbocycles. The van der Waals surface area contributed by atoms with Crippen LogP contribution in [0.15, 0.2) is 12.7 Å². The maximum absolute atomic E-state index is 9.02. The number of nitrogens with two attached hydrogens (primary N) is 1. The summed E-state index contributed by atoms with van der Waals surface area (Å²) in [6, 6.07) is 0. The van der Waals surface area contributed by atoms with Crippen molar-refractivity contribution < 1.29 is 9.94 Å². The van der Waals surface area contributed by atoms with Crippen LogP contribution in [-0.4, -0.2) is 20.2 Å². The minimum atomic E-state index is 0.201. The first-order valence-corrected chi connectivity index (χ1v) is 2.97. The maximum Gasteiger partial charge on any atom is 0.286 e. The number of fused-ring (bicyclic) bond motifs is 1. The molecule has 0 aliphatic carbocycles. The molecule has 0 bridgehead atoms. The Morgan fingerprint density at radius 2 is 2.36 bits per heavy atom. The number of nitrogens with one attached hydrogen (secondary N) is 1. The number of rotatable bonds is 0. The van der Waals surface area contributed by atoms with Gasteiger partial charge in [-0.3, -0.25) is 0 Å². The lowest BCUT2D eigenvalue weighted by Gasteiger charge is -1.91. The minimum absolute atomic E-state index is 0.201. The number of nitrogen functional groups attached to an aromatic ring is 1. The number of aromatic amines is 1. The third kappa shape index (κ3) is 0.689. The smallest absolute Gasteiger partial charge is 0.286 e. The predicted octanol–water partition coefficient (Wildman–Crippen LogP) is -0.935. The molecule has 0 aliphatic rings. The van der Waals surface area contributed by atoms with Crippen LogP contribution in [0, 0.1) is 0 Å².